The molecular weight excluding hydrogens is 432 g/mol. The van der Waals surface area contributed by atoms with Gasteiger partial charge in [-0.25, -0.2) is 9.59 Å². The van der Waals surface area contributed by atoms with Crippen LogP contribution in [0.2, 0.25) is 0 Å². The van der Waals surface area contributed by atoms with Crippen LogP contribution >= 0.6 is 0 Å². The molecule has 180 valence electrons. The first-order valence-electron chi connectivity index (χ1n) is 12.0. The third-order valence-corrected chi connectivity index (χ3v) is 6.79. The summed E-state index contributed by atoms with van der Waals surface area (Å²) < 4.78 is 5.61. The van der Waals surface area contributed by atoms with E-state index in [-0.39, 0.29) is 36.3 Å². The van der Waals surface area contributed by atoms with Crippen LogP contribution in [0.5, 0.6) is 0 Å². The van der Waals surface area contributed by atoms with Gasteiger partial charge >= 0.3 is 12.1 Å². The average molecular weight is 465 g/mol. The Morgan fingerprint density at radius 2 is 1.62 bits per heavy atom. The predicted octanol–water partition coefficient (Wildman–Crippen LogP) is 4.31. The number of nitrogens with one attached hydrogen (secondary N) is 2. The summed E-state index contributed by atoms with van der Waals surface area (Å²) in [6.07, 6.45) is 1.63. The number of carboxylic acids is 1. The summed E-state index contributed by atoms with van der Waals surface area (Å²) in [4.78, 5) is 36.6. The maximum atomic E-state index is 12.6. The highest BCUT2D eigenvalue weighted by atomic mass is 16.5. The minimum atomic E-state index is -1.02. The lowest BCUT2D eigenvalue weighted by Crippen LogP contribution is -2.44. The Morgan fingerprint density at radius 3 is 2.21 bits per heavy atom. The van der Waals surface area contributed by atoms with E-state index in [0.717, 1.165) is 11.1 Å². The van der Waals surface area contributed by atoms with Crippen LogP contribution in [0.4, 0.5) is 4.79 Å². The number of hydrogen-bond donors (Lipinski definition) is 3. The molecular formula is C27H32N2O5. The zero-order valence-electron chi connectivity index (χ0n) is 19.6. The molecule has 2 aliphatic rings. The second-order valence-electron chi connectivity index (χ2n) is 9.71. The number of alkyl carbamates (subject to hydrolysis) is 1. The van der Waals surface area contributed by atoms with Gasteiger partial charge in [-0.2, -0.15) is 0 Å². The van der Waals surface area contributed by atoms with Crippen molar-refractivity contribution in [3.05, 3.63) is 59.7 Å². The molecule has 0 aliphatic heterocycles. The first-order valence-corrected chi connectivity index (χ1v) is 12.0. The fraction of sp³-hybridized carbons (Fsp3) is 0.444. The van der Waals surface area contributed by atoms with Crippen LogP contribution in [0, 0.1) is 11.8 Å². The fourth-order valence-electron chi connectivity index (χ4n) is 5.14. The van der Waals surface area contributed by atoms with Crippen molar-refractivity contribution in [2.45, 2.75) is 57.5 Å². The standard InChI is InChI=1S/C27H32N2O5/c1-16(2)13-24(26(31)32)29-25(30)17-11-12-18(14-17)28-27(33)34-15-23-21-9-5-3-7-19(21)20-8-4-6-10-22(20)23/h3-10,16-18,23-24H,11-15H2,1-2H3,(H,28,33)(H,29,30)(H,31,32). The summed E-state index contributed by atoms with van der Waals surface area (Å²) >= 11 is 0. The Morgan fingerprint density at radius 1 is 1.00 bits per heavy atom. The van der Waals surface area contributed by atoms with E-state index in [0.29, 0.717) is 25.7 Å². The minimum Gasteiger partial charge on any atom is -0.480 e. The molecule has 0 radical (unpaired) electrons. The molecule has 3 N–H and O–H groups in total. The highest BCUT2D eigenvalue weighted by molar-refractivity contribution is 5.85. The third-order valence-electron chi connectivity index (χ3n) is 6.79. The SMILES string of the molecule is CC(C)CC(NC(=O)C1CCC(NC(=O)OCC2c3ccccc3-c3ccccc32)C1)C(=O)O. The molecule has 2 aromatic carbocycles. The van der Waals surface area contributed by atoms with E-state index in [1.807, 2.05) is 38.1 Å². The summed E-state index contributed by atoms with van der Waals surface area (Å²) in [6.45, 7) is 4.09. The summed E-state index contributed by atoms with van der Waals surface area (Å²) in [5, 5.41) is 14.9. The van der Waals surface area contributed by atoms with Crippen molar-refractivity contribution in [1.29, 1.82) is 0 Å². The molecule has 2 aliphatic carbocycles. The zero-order chi connectivity index (χ0) is 24.2. The summed E-state index contributed by atoms with van der Waals surface area (Å²) in [5.74, 6) is -1.44. The Bertz CT molecular complexity index is 1020. The van der Waals surface area contributed by atoms with Gasteiger partial charge in [0.05, 0.1) is 0 Å². The van der Waals surface area contributed by atoms with Crippen molar-refractivity contribution in [3.8, 4) is 11.1 Å². The Hall–Kier alpha value is -3.35. The lowest BCUT2D eigenvalue weighted by Gasteiger charge is -2.19. The number of hydrogen-bond acceptors (Lipinski definition) is 4. The van der Waals surface area contributed by atoms with E-state index < -0.39 is 18.1 Å². The van der Waals surface area contributed by atoms with E-state index in [1.165, 1.54) is 11.1 Å². The van der Waals surface area contributed by atoms with Crippen LogP contribution in [0.3, 0.4) is 0 Å². The molecule has 0 aromatic heterocycles. The normalized spacial score (nSPS) is 19.9. The summed E-state index contributed by atoms with van der Waals surface area (Å²) in [7, 11) is 0. The van der Waals surface area contributed by atoms with Crippen LogP contribution in [0.15, 0.2) is 48.5 Å². The molecule has 2 amide bonds. The highest BCUT2D eigenvalue weighted by Gasteiger charge is 2.34. The Balaban J connectivity index is 1.29. The minimum absolute atomic E-state index is 0.00540. The molecule has 0 saturated heterocycles. The van der Waals surface area contributed by atoms with Gasteiger partial charge in [-0.05, 0) is 53.9 Å². The molecule has 3 atom stereocenters. The van der Waals surface area contributed by atoms with E-state index in [1.54, 1.807) is 0 Å². The number of rotatable bonds is 8. The van der Waals surface area contributed by atoms with Crippen molar-refractivity contribution < 1.29 is 24.2 Å². The molecule has 1 saturated carbocycles. The van der Waals surface area contributed by atoms with Crippen LogP contribution < -0.4 is 10.6 Å². The first kappa shape index (κ1) is 23.8. The molecule has 0 spiro atoms. The van der Waals surface area contributed by atoms with Crippen molar-refractivity contribution in [2.24, 2.45) is 11.8 Å². The van der Waals surface area contributed by atoms with E-state index in [2.05, 4.69) is 34.9 Å². The monoisotopic (exact) mass is 464 g/mol. The van der Waals surface area contributed by atoms with Crippen LogP contribution in [0.25, 0.3) is 11.1 Å². The third kappa shape index (κ3) is 5.24. The summed E-state index contributed by atoms with van der Waals surface area (Å²) in [5.41, 5.74) is 4.66. The second kappa shape index (κ2) is 10.3. The summed E-state index contributed by atoms with van der Waals surface area (Å²) in [6, 6.07) is 15.3. The number of fused-ring (bicyclic) bond motifs is 3. The Kier molecular flexibility index (Phi) is 7.20. The number of benzene rings is 2. The van der Waals surface area contributed by atoms with Gasteiger partial charge in [0, 0.05) is 17.9 Å². The zero-order valence-corrected chi connectivity index (χ0v) is 19.6. The maximum Gasteiger partial charge on any atom is 0.407 e. The lowest BCUT2D eigenvalue weighted by atomic mass is 9.98. The molecule has 7 heteroatoms. The van der Waals surface area contributed by atoms with Gasteiger partial charge in [0.1, 0.15) is 12.6 Å². The molecule has 2 aromatic rings. The number of carboxylic acid groups (broad SMARTS) is 1. The quantitative estimate of drug-likeness (QED) is 0.540. The van der Waals surface area contributed by atoms with Gasteiger partial charge in [0.2, 0.25) is 5.91 Å². The number of carbonyl (C=O) groups excluding carboxylic acids is 2. The van der Waals surface area contributed by atoms with E-state index >= 15 is 0 Å². The van der Waals surface area contributed by atoms with E-state index in [4.69, 9.17) is 4.74 Å². The molecule has 0 bridgehead atoms. The highest BCUT2D eigenvalue weighted by Crippen LogP contribution is 2.44. The smallest absolute Gasteiger partial charge is 0.407 e. The van der Waals surface area contributed by atoms with E-state index in [9.17, 15) is 19.5 Å². The van der Waals surface area contributed by atoms with Gasteiger partial charge in [0.25, 0.3) is 0 Å². The molecule has 7 nitrogen and oxygen atoms in total. The molecule has 34 heavy (non-hydrogen) atoms. The van der Waals surface area contributed by atoms with Crippen LogP contribution in [0.1, 0.15) is 56.6 Å². The fourth-order valence-corrected chi connectivity index (χ4v) is 5.14. The average Bonchev–Trinajstić information content (AvgIpc) is 3.39. The predicted molar refractivity (Wildman–Crippen MR) is 128 cm³/mol. The van der Waals surface area contributed by atoms with Crippen LogP contribution in [-0.4, -0.2) is 41.8 Å². The topological polar surface area (TPSA) is 105 Å². The largest absolute Gasteiger partial charge is 0.480 e. The van der Waals surface area contributed by atoms with Gasteiger partial charge in [-0.1, -0.05) is 62.4 Å². The van der Waals surface area contributed by atoms with Crippen molar-refractivity contribution in [3.63, 3.8) is 0 Å². The second-order valence-corrected chi connectivity index (χ2v) is 9.71. The number of aliphatic carboxylic acids is 1. The van der Waals surface area contributed by atoms with Crippen molar-refractivity contribution in [1.82, 2.24) is 10.6 Å². The maximum absolute atomic E-state index is 12.6. The Labute approximate surface area is 199 Å². The van der Waals surface area contributed by atoms with Gasteiger partial charge in [-0.15, -0.1) is 0 Å². The first-order chi connectivity index (χ1) is 16.3. The molecule has 1 fully saturated rings. The number of carbonyl (C=O) groups is 3. The molecule has 3 unspecified atom stereocenters. The number of amides is 2. The van der Waals surface area contributed by atoms with Crippen molar-refractivity contribution in [2.75, 3.05) is 6.61 Å². The van der Waals surface area contributed by atoms with Crippen molar-refractivity contribution >= 4 is 18.0 Å². The van der Waals surface area contributed by atoms with Gasteiger partial charge in [0.15, 0.2) is 0 Å². The number of ether oxygens (including phenoxy) is 1. The van der Waals surface area contributed by atoms with Gasteiger partial charge < -0.3 is 20.5 Å². The van der Waals surface area contributed by atoms with Gasteiger partial charge in [-0.3, -0.25) is 4.79 Å². The molecule has 4 rings (SSSR count). The molecule has 0 heterocycles. The van der Waals surface area contributed by atoms with Crippen LogP contribution in [-0.2, 0) is 14.3 Å². The lowest BCUT2D eigenvalue weighted by molar-refractivity contribution is -0.142.